The lowest BCUT2D eigenvalue weighted by Crippen LogP contribution is -2.74. The number of rotatable bonds is 6. The van der Waals surface area contributed by atoms with Crippen LogP contribution in [-0.2, 0) is 23.9 Å². The number of β-lactam (4-membered cyclic amide) rings is 1. The molecule has 3 heterocycles. The van der Waals surface area contributed by atoms with E-state index in [0.717, 1.165) is 24.9 Å². The molecular formula is C15H17N5O8S. The molecule has 2 aliphatic heterocycles. The van der Waals surface area contributed by atoms with Gasteiger partial charge in [-0.15, -0.1) is 11.8 Å². The first-order valence-corrected chi connectivity index (χ1v) is 9.26. The maximum absolute atomic E-state index is 12.5. The number of carbonyl (C=O) groups excluding carboxylic acids is 3. The Labute approximate surface area is 167 Å². The van der Waals surface area contributed by atoms with Gasteiger partial charge in [0.2, 0.25) is 5.91 Å². The Morgan fingerprint density at radius 1 is 1.55 bits per heavy atom. The Kier molecular flexibility index (Phi) is 5.37. The van der Waals surface area contributed by atoms with Crippen molar-refractivity contribution in [3.63, 3.8) is 0 Å². The van der Waals surface area contributed by atoms with Crippen LogP contribution in [0.1, 0.15) is 12.6 Å². The number of nitrogens with two attached hydrogens (primary N) is 1. The number of nitrogen functional groups attached to an aromatic ring is 1. The average molecular weight is 427 g/mol. The standard InChI is InChI=1S/C15H17N5O8S/c1-6(21)28-4-15(13(24)25)3-20-11(23)9(12(20)29-5-15)18-10(22)8(19-26)7-2-27-14(16)17-7/h2,9,12,26H,3-5H2,1H3,(H2,16,17)(H,18,22)(H,24,25)/t9?,12-,15?/m1/s1. The molecule has 29 heavy (non-hydrogen) atoms. The van der Waals surface area contributed by atoms with Crippen molar-refractivity contribution in [1.29, 1.82) is 0 Å². The molecule has 2 fully saturated rings. The van der Waals surface area contributed by atoms with Gasteiger partial charge in [0.15, 0.2) is 5.71 Å². The summed E-state index contributed by atoms with van der Waals surface area (Å²) in [5.74, 6) is -3.14. The number of fused-ring (bicyclic) bond motifs is 1. The third-order valence-electron chi connectivity index (χ3n) is 4.52. The Morgan fingerprint density at radius 2 is 2.28 bits per heavy atom. The van der Waals surface area contributed by atoms with Gasteiger partial charge < -0.3 is 35.4 Å². The molecule has 0 spiro atoms. The number of nitrogens with one attached hydrogen (secondary N) is 1. The number of carboxylic acids is 1. The van der Waals surface area contributed by atoms with Gasteiger partial charge in [-0.3, -0.25) is 19.2 Å². The van der Waals surface area contributed by atoms with Crippen molar-refractivity contribution in [2.75, 3.05) is 24.6 Å². The van der Waals surface area contributed by atoms with Gasteiger partial charge >= 0.3 is 11.9 Å². The molecule has 0 saturated carbocycles. The smallest absolute Gasteiger partial charge is 0.315 e. The lowest BCUT2D eigenvalue weighted by atomic mass is 9.88. The van der Waals surface area contributed by atoms with Gasteiger partial charge in [-0.1, -0.05) is 5.16 Å². The van der Waals surface area contributed by atoms with E-state index < -0.39 is 46.3 Å². The fraction of sp³-hybridized carbons (Fsp3) is 0.467. The lowest BCUT2D eigenvalue weighted by molar-refractivity contribution is -0.164. The van der Waals surface area contributed by atoms with E-state index in [2.05, 4.69) is 15.5 Å². The number of oxime groups is 1. The molecular weight excluding hydrogens is 410 g/mol. The van der Waals surface area contributed by atoms with Crippen LogP contribution in [-0.4, -0.2) is 80.0 Å². The summed E-state index contributed by atoms with van der Waals surface area (Å²) in [6, 6.07) is -1.19. The predicted molar refractivity (Wildman–Crippen MR) is 95.8 cm³/mol. The molecule has 3 rings (SSSR count). The molecule has 2 amide bonds. The maximum Gasteiger partial charge on any atom is 0.315 e. The van der Waals surface area contributed by atoms with Crippen molar-refractivity contribution < 1.29 is 38.6 Å². The normalized spacial score (nSPS) is 26.3. The topological polar surface area (TPSA) is 198 Å². The fourth-order valence-corrected chi connectivity index (χ4v) is 4.49. The third-order valence-corrected chi connectivity index (χ3v) is 6.10. The number of nitrogens with zero attached hydrogens (tertiary/aromatic N) is 3. The molecule has 3 atom stereocenters. The van der Waals surface area contributed by atoms with Crippen LogP contribution in [0.25, 0.3) is 0 Å². The van der Waals surface area contributed by atoms with Gasteiger partial charge in [-0.25, -0.2) is 0 Å². The minimum atomic E-state index is -1.44. The number of aromatic nitrogens is 1. The number of carboxylic acid groups (broad SMARTS) is 1. The maximum atomic E-state index is 12.5. The molecule has 1 aromatic heterocycles. The molecule has 1 aromatic rings. The number of ether oxygens (including phenoxy) is 1. The number of hydrogen-bond donors (Lipinski definition) is 4. The Morgan fingerprint density at radius 3 is 2.83 bits per heavy atom. The lowest BCUT2D eigenvalue weighted by Gasteiger charge is -2.53. The molecule has 2 unspecified atom stereocenters. The number of hydrogen-bond acceptors (Lipinski definition) is 11. The van der Waals surface area contributed by atoms with Crippen molar-refractivity contribution in [1.82, 2.24) is 15.2 Å². The molecule has 0 bridgehead atoms. The summed E-state index contributed by atoms with van der Waals surface area (Å²) in [5, 5.41) is 23.5. The Balaban J connectivity index is 1.67. The predicted octanol–water partition coefficient (Wildman–Crippen LogP) is -1.53. The summed E-state index contributed by atoms with van der Waals surface area (Å²) in [7, 11) is 0. The van der Waals surface area contributed by atoms with Crippen molar-refractivity contribution in [3.8, 4) is 0 Å². The van der Waals surface area contributed by atoms with Crippen molar-refractivity contribution in [3.05, 3.63) is 12.0 Å². The van der Waals surface area contributed by atoms with Gasteiger partial charge in [-0.2, -0.15) is 4.98 Å². The summed E-state index contributed by atoms with van der Waals surface area (Å²) in [4.78, 5) is 52.6. The highest BCUT2D eigenvalue weighted by atomic mass is 32.2. The van der Waals surface area contributed by atoms with Gasteiger partial charge in [-0.05, 0) is 0 Å². The second kappa shape index (κ2) is 7.62. The zero-order chi connectivity index (χ0) is 21.3. The number of amides is 2. The number of oxazole rings is 1. The zero-order valence-corrected chi connectivity index (χ0v) is 15.8. The molecule has 14 heteroatoms. The first-order valence-electron chi connectivity index (χ1n) is 8.21. The van der Waals surface area contributed by atoms with E-state index in [4.69, 9.17) is 20.1 Å². The monoisotopic (exact) mass is 427 g/mol. The number of carbonyl (C=O) groups is 4. The van der Waals surface area contributed by atoms with Crippen LogP contribution in [0, 0.1) is 5.41 Å². The van der Waals surface area contributed by atoms with Gasteiger partial charge in [0, 0.05) is 19.2 Å². The van der Waals surface area contributed by atoms with Crippen molar-refractivity contribution in [2.24, 2.45) is 10.6 Å². The summed E-state index contributed by atoms with van der Waals surface area (Å²) >= 11 is 1.13. The molecule has 2 aliphatic rings. The highest BCUT2D eigenvalue weighted by Gasteiger charge is 2.58. The molecule has 156 valence electrons. The number of aliphatic carboxylic acids is 1. The first kappa shape index (κ1) is 20.4. The van der Waals surface area contributed by atoms with Crippen LogP contribution in [0.15, 0.2) is 15.8 Å². The zero-order valence-electron chi connectivity index (χ0n) is 15.0. The molecule has 0 aliphatic carbocycles. The van der Waals surface area contributed by atoms with E-state index in [9.17, 15) is 24.3 Å². The average Bonchev–Trinajstić information content (AvgIpc) is 3.10. The molecule has 0 aromatic carbocycles. The molecule has 0 radical (unpaired) electrons. The number of thioether (sulfide) groups is 1. The van der Waals surface area contributed by atoms with Gasteiger partial charge in [0.1, 0.15) is 35.4 Å². The van der Waals surface area contributed by atoms with Crippen LogP contribution in [0.2, 0.25) is 0 Å². The van der Waals surface area contributed by atoms with E-state index in [0.29, 0.717) is 0 Å². The summed E-state index contributed by atoms with van der Waals surface area (Å²) in [6.07, 6.45) is 1.02. The van der Waals surface area contributed by atoms with Crippen LogP contribution < -0.4 is 11.1 Å². The van der Waals surface area contributed by atoms with Crippen LogP contribution >= 0.6 is 11.8 Å². The quantitative estimate of drug-likeness (QED) is 0.135. The third kappa shape index (κ3) is 3.70. The minimum absolute atomic E-state index is 0.0667. The highest BCUT2D eigenvalue weighted by Crippen LogP contribution is 2.42. The highest BCUT2D eigenvalue weighted by molar-refractivity contribution is 8.00. The molecule has 2 saturated heterocycles. The van der Waals surface area contributed by atoms with Crippen LogP contribution in [0.4, 0.5) is 6.01 Å². The Hall–Kier alpha value is -3.29. The largest absolute Gasteiger partial charge is 0.481 e. The van der Waals surface area contributed by atoms with E-state index in [-0.39, 0.29) is 30.6 Å². The second-order valence-corrected chi connectivity index (χ2v) is 7.61. The van der Waals surface area contributed by atoms with Crippen LogP contribution in [0.3, 0.4) is 0 Å². The van der Waals surface area contributed by atoms with E-state index in [1.165, 1.54) is 4.90 Å². The minimum Gasteiger partial charge on any atom is -0.481 e. The number of anilines is 1. The summed E-state index contributed by atoms with van der Waals surface area (Å²) < 4.78 is 9.63. The summed E-state index contributed by atoms with van der Waals surface area (Å²) in [5.41, 5.74) is 3.28. The van der Waals surface area contributed by atoms with Crippen molar-refractivity contribution >= 4 is 47.2 Å². The van der Waals surface area contributed by atoms with E-state index in [1.807, 2.05) is 0 Å². The molecule has 13 nitrogen and oxygen atoms in total. The second-order valence-electron chi connectivity index (χ2n) is 6.50. The summed E-state index contributed by atoms with van der Waals surface area (Å²) in [6.45, 7) is 0.629. The Bertz CT molecular complexity index is 901. The fourth-order valence-electron chi connectivity index (χ4n) is 2.96. The van der Waals surface area contributed by atoms with Gasteiger partial charge in [0.25, 0.3) is 11.9 Å². The SMILES string of the molecule is CC(=O)OCC1(C(=O)O)CS[C@@H]2C(NC(=O)C(=NO)c3coc(N)n3)C(=O)N2C1. The van der Waals surface area contributed by atoms with Gasteiger partial charge in [0.05, 0.1) is 0 Å². The van der Waals surface area contributed by atoms with E-state index in [1.54, 1.807) is 0 Å². The van der Waals surface area contributed by atoms with Crippen molar-refractivity contribution in [2.45, 2.75) is 18.3 Å². The van der Waals surface area contributed by atoms with Crippen LogP contribution in [0.5, 0.6) is 0 Å². The van der Waals surface area contributed by atoms with E-state index >= 15 is 0 Å². The first-order chi connectivity index (χ1) is 13.7. The molecule has 5 N–H and O–H groups in total. The number of esters is 1.